The Labute approximate surface area is 158 Å². The van der Waals surface area contributed by atoms with Crippen molar-refractivity contribution in [3.8, 4) is 0 Å². The highest BCUT2D eigenvalue weighted by Crippen LogP contribution is 2.24. The third kappa shape index (κ3) is 6.25. The Morgan fingerprint density at radius 3 is 2.33 bits per heavy atom. The molecule has 24 heavy (non-hydrogen) atoms. The Bertz CT molecular complexity index is 494. The van der Waals surface area contributed by atoms with Crippen molar-refractivity contribution < 1.29 is 4.79 Å². The van der Waals surface area contributed by atoms with Crippen molar-refractivity contribution in [1.82, 2.24) is 10.2 Å². The van der Waals surface area contributed by atoms with Gasteiger partial charge in [-0.1, -0.05) is 31.2 Å². The van der Waals surface area contributed by atoms with Crippen LogP contribution in [0.25, 0.3) is 0 Å². The zero-order chi connectivity index (χ0) is 16.1. The minimum absolute atomic E-state index is 0. The number of benzene rings is 1. The van der Waals surface area contributed by atoms with Gasteiger partial charge in [-0.15, -0.1) is 24.8 Å². The molecule has 3 N–H and O–H groups in total. The van der Waals surface area contributed by atoms with Gasteiger partial charge < -0.3 is 16.0 Å². The van der Waals surface area contributed by atoms with Crippen LogP contribution in [0.2, 0.25) is 0 Å². The number of rotatable bonds is 6. The molecule has 3 unspecified atom stereocenters. The van der Waals surface area contributed by atoms with Crippen LogP contribution in [0.3, 0.4) is 0 Å². The molecule has 1 aliphatic rings. The number of aryl methyl sites for hydroxylation is 1. The van der Waals surface area contributed by atoms with E-state index in [1.807, 2.05) is 0 Å². The van der Waals surface area contributed by atoms with E-state index < -0.39 is 0 Å². The first-order chi connectivity index (χ1) is 10.5. The SMILES string of the molecule is CCc1ccc(C(CNC(=O)C2CCC(N)C2)N(C)C)cc1.Cl.Cl. The van der Waals surface area contributed by atoms with Crippen LogP contribution in [0.15, 0.2) is 24.3 Å². The van der Waals surface area contributed by atoms with Gasteiger partial charge in [-0.2, -0.15) is 0 Å². The standard InChI is InChI=1S/C18H29N3O.2ClH/c1-4-13-5-7-14(8-6-13)17(21(2)3)12-20-18(22)15-9-10-16(19)11-15;;/h5-8,15-17H,4,9-12,19H2,1-3H3,(H,20,22);2*1H. The summed E-state index contributed by atoms with van der Waals surface area (Å²) in [5, 5.41) is 3.12. The first-order valence-corrected chi connectivity index (χ1v) is 8.29. The number of halogens is 2. The number of nitrogens with two attached hydrogens (primary N) is 1. The number of hydrogen-bond donors (Lipinski definition) is 2. The Kier molecular flexibility index (Phi) is 10.6. The number of amides is 1. The highest BCUT2D eigenvalue weighted by atomic mass is 35.5. The van der Waals surface area contributed by atoms with Crippen LogP contribution in [0.1, 0.15) is 43.4 Å². The maximum Gasteiger partial charge on any atom is 0.223 e. The van der Waals surface area contributed by atoms with E-state index in [0.717, 1.165) is 25.7 Å². The van der Waals surface area contributed by atoms with Crippen LogP contribution in [-0.4, -0.2) is 37.5 Å². The third-order valence-corrected chi connectivity index (χ3v) is 4.71. The van der Waals surface area contributed by atoms with E-state index in [1.54, 1.807) is 0 Å². The van der Waals surface area contributed by atoms with Crippen molar-refractivity contribution in [1.29, 1.82) is 0 Å². The molecule has 0 spiro atoms. The fraction of sp³-hybridized carbons (Fsp3) is 0.611. The highest BCUT2D eigenvalue weighted by Gasteiger charge is 2.28. The molecule has 1 aromatic carbocycles. The van der Waals surface area contributed by atoms with Gasteiger partial charge >= 0.3 is 0 Å². The van der Waals surface area contributed by atoms with E-state index >= 15 is 0 Å². The van der Waals surface area contributed by atoms with E-state index in [-0.39, 0.29) is 48.7 Å². The van der Waals surface area contributed by atoms with Gasteiger partial charge in [0, 0.05) is 18.5 Å². The lowest BCUT2D eigenvalue weighted by atomic mass is 10.0. The molecule has 1 fully saturated rings. The molecule has 0 radical (unpaired) electrons. The van der Waals surface area contributed by atoms with E-state index in [9.17, 15) is 4.79 Å². The summed E-state index contributed by atoms with van der Waals surface area (Å²) in [5.74, 6) is 0.255. The Hall–Kier alpha value is -0.810. The number of carbonyl (C=O) groups excluding carboxylic acids is 1. The summed E-state index contributed by atoms with van der Waals surface area (Å²) in [6, 6.07) is 9.07. The van der Waals surface area contributed by atoms with Gasteiger partial charge in [0.15, 0.2) is 0 Å². The monoisotopic (exact) mass is 375 g/mol. The first-order valence-electron chi connectivity index (χ1n) is 8.29. The van der Waals surface area contributed by atoms with E-state index in [2.05, 4.69) is 55.5 Å². The quantitative estimate of drug-likeness (QED) is 0.803. The minimum atomic E-state index is 0. The Morgan fingerprint density at radius 1 is 1.25 bits per heavy atom. The molecule has 6 heteroatoms. The van der Waals surface area contributed by atoms with Gasteiger partial charge in [0.25, 0.3) is 0 Å². The molecule has 0 aliphatic heterocycles. The molecule has 0 bridgehead atoms. The number of nitrogens with one attached hydrogen (secondary N) is 1. The normalized spacial score (nSPS) is 20.9. The molecule has 138 valence electrons. The number of carbonyl (C=O) groups is 1. The van der Waals surface area contributed by atoms with Gasteiger partial charge in [0.2, 0.25) is 5.91 Å². The van der Waals surface area contributed by atoms with Gasteiger partial charge in [-0.25, -0.2) is 0 Å². The van der Waals surface area contributed by atoms with Crippen molar-refractivity contribution in [3.63, 3.8) is 0 Å². The molecule has 0 saturated heterocycles. The van der Waals surface area contributed by atoms with E-state index in [1.165, 1.54) is 11.1 Å². The lowest BCUT2D eigenvalue weighted by Gasteiger charge is -2.26. The maximum absolute atomic E-state index is 12.3. The summed E-state index contributed by atoms with van der Waals surface area (Å²) in [6.45, 7) is 2.80. The van der Waals surface area contributed by atoms with Crippen LogP contribution in [-0.2, 0) is 11.2 Å². The Balaban J connectivity index is 0.00000264. The van der Waals surface area contributed by atoms with Crippen LogP contribution in [0.5, 0.6) is 0 Å². The van der Waals surface area contributed by atoms with Crippen LogP contribution < -0.4 is 11.1 Å². The molecule has 0 aromatic heterocycles. The van der Waals surface area contributed by atoms with Gasteiger partial charge in [0.1, 0.15) is 0 Å². The second kappa shape index (κ2) is 10.9. The first kappa shape index (κ1) is 23.2. The minimum Gasteiger partial charge on any atom is -0.354 e. The van der Waals surface area contributed by atoms with Gasteiger partial charge in [-0.3, -0.25) is 4.79 Å². The second-order valence-corrected chi connectivity index (χ2v) is 6.59. The predicted octanol–water partition coefficient (Wildman–Crippen LogP) is 2.94. The van der Waals surface area contributed by atoms with Gasteiger partial charge in [-0.05, 0) is 50.9 Å². The lowest BCUT2D eigenvalue weighted by molar-refractivity contribution is -0.125. The average Bonchev–Trinajstić information content (AvgIpc) is 2.94. The molecular weight excluding hydrogens is 345 g/mol. The second-order valence-electron chi connectivity index (χ2n) is 6.59. The molecular formula is C18H31Cl2N3O. The molecule has 2 rings (SSSR count). The summed E-state index contributed by atoms with van der Waals surface area (Å²) >= 11 is 0. The fourth-order valence-corrected chi connectivity index (χ4v) is 3.17. The largest absolute Gasteiger partial charge is 0.354 e. The number of hydrogen-bond acceptors (Lipinski definition) is 3. The molecule has 1 aliphatic carbocycles. The number of likely N-dealkylation sites (N-methyl/N-ethyl adjacent to an activating group) is 1. The molecule has 1 amide bonds. The van der Waals surface area contributed by atoms with E-state index in [4.69, 9.17) is 5.73 Å². The summed E-state index contributed by atoms with van der Waals surface area (Å²) in [4.78, 5) is 14.4. The van der Waals surface area contributed by atoms with Crippen LogP contribution >= 0.6 is 24.8 Å². The molecule has 3 atom stereocenters. The molecule has 4 nitrogen and oxygen atoms in total. The zero-order valence-electron chi connectivity index (χ0n) is 14.8. The third-order valence-electron chi connectivity index (χ3n) is 4.71. The topological polar surface area (TPSA) is 58.4 Å². The fourth-order valence-electron chi connectivity index (χ4n) is 3.17. The van der Waals surface area contributed by atoms with Crippen molar-refractivity contribution in [2.75, 3.05) is 20.6 Å². The number of nitrogens with zero attached hydrogens (tertiary/aromatic N) is 1. The van der Waals surface area contributed by atoms with E-state index in [0.29, 0.717) is 6.54 Å². The van der Waals surface area contributed by atoms with Crippen molar-refractivity contribution >= 4 is 30.7 Å². The van der Waals surface area contributed by atoms with Crippen molar-refractivity contribution in [3.05, 3.63) is 35.4 Å². The molecule has 0 heterocycles. The molecule has 1 aromatic rings. The summed E-state index contributed by atoms with van der Waals surface area (Å²) < 4.78 is 0. The van der Waals surface area contributed by atoms with Crippen LogP contribution in [0.4, 0.5) is 0 Å². The predicted molar refractivity (Wildman–Crippen MR) is 105 cm³/mol. The maximum atomic E-state index is 12.3. The van der Waals surface area contributed by atoms with Crippen molar-refractivity contribution in [2.24, 2.45) is 11.7 Å². The molecule has 1 saturated carbocycles. The zero-order valence-corrected chi connectivity index (χ0v) is 16.5. The smallest absolute Gasteiger partial charge is 0.223 e. The van der Waals surface area contributed by atoms with Gasteiger partial charge in [0.05, 0.1) is 6.04 Å². The highest BCUT2D eigenvalue weighted by molar-refractivity contribution is 5.85. The summed E-state index contributed by atoms with van der Waals surface area (Å²) in [6.07, 6.45) is 3.76. The summed E-state index contributed by atoms with van der Waals surface area (Å²) in [7, 11) is 4.10. The van der Waals surface area contributed by atoms with Crippen molar-refractivity contribution in [2.45, 2.75) is 44.7 Å². The van der Waals surface area contributed by atoms with Crippen LogP contribution in [0, 0.1) is 5.92 Å². The summed E-state index contributed by atoms with van der Waals surface area (Å²) in [5.41, 5.74) is 8.48. The lowest BCUT2D eigenvalue weighted by Crippen LogP contribution is -2.37. The Morgan fingerprint density at radius 2 is 1.88 bits per heavy atom. The average molecular weight is 376 g/mol.